The van der Waals surface area contributed by atoms with E-state index >= 15 is 0 Å². The van der Waals surface area contributed by atoms with Crippen LogP contribution in [0.25, 0.3) is 0 Å². The number of hydrogen-bond donors (Lipinski definition) is 2. The average Bonchev–Trinajstić information content (AvgIpc) is 2.48. The zero-order valence-electron chi connectivity index (χ0n) is 7.95. The molecule has 0 aliphatic rings. The topological polar surface area (TPSA) is 58.0 Å². The SMILES string of the molecule is Cc1nsc(NC(C)CCCO)n1. The quantitative estimate of drug-likeness (QED) is 0.756. The van der Waals surface area contributed by atoms with Crippen LogP contribution in [-0.2, 0) is 0 Å². The maximum atomic E-state index is 8.63. The number of rotatable bonds is 5. The second-order valence-corrected chi connectivity index (χ2v) is 3.81. The van der Waals surface area contributed by atoms with E-state index in [1.54, 1.807) is 0 Å². The highest BCUT2D eigenvalue weighted by Gasteiger charge is 2.04. The van der Waals surface area contributed by atoms with Crippen LogP contribution in [0.5, 0.6) is 0 Å². The Morgan fingerprint density at radius 3 is 2.92 bits per heavy atom. The van der Waals surface area contributed by atoms with Gasteiger partial charge in [0.05, 0.1) is 0 Å². The molecule has 0 amide bonds. The molecule has 0 bridgehead atoms. The molecule has 1 atom stereocenters. The van der Waals surface area contributed by atoms with E-state index in [2.05, 4.69) is 21.6 Å². The van der Waals surface area contributed by atoms with Gasteiger partial charge in [-0.2, -0.15) is 4.37 Å². The summed E-state index contributed by atoms with van der Waals surface area (Å²) in [6.07, 6.45) is 1.78. The van der Waals surface area contributed by atoms with E-state index in [1.165, 1.54) is 11.5 Å². The molecule has 5 heteroatoms. The molecule has 0 radical (unpaired) electrons. The molecular formula is C8H15N3OS. The van der Waals surface area contributed by atoms with Crippen molar-refractivity contribution in [1.29, 1.82) is 0 Å². The van der Waals surface area contributed by atoms with Crippen LogP contribution in [0.4, 0.5) is 5.13 Å². The molecule has 1 unspecified atom stereocenters. The molecule has 1 aromatic heterocycles. The maximum Gasteiger partial charge on any atom is 0.202 e. The fourth-order valence-corrected chi connectivity index (χ4v) is 1.72. The van der Waals surface area contributed by atoms with Crippen LogP contribution in [0.3, 0.4) is 0 Å². The van der Waals surface area contributed by atoms with Gasteiger partial charge >= 0.3 is 0 Å². The minimum Gasteiger partial charge on any atom is -0.396 e. The van der Waals surface area contributed by atoms with Crippen molar-refractivity contribution >= 4 is 16.7 Å². The van der Waals surface area contributed by atoms with Crippen molar-refractivity contribution in [3.05, 3.63) is 5.82 Å². The lowest BCUT2D eigenvalue weighted by atomic mass is 10.2. The minimum absolute atomic E-state index is 0.251. The van der Waals surface area contributed by atoms with Gasteiger partial charge in [0, 0.05) is 24.2 Å². The predicted molar refractivity (Wildman–Crippen MR) is 54.1 cm³/mol. The lowest BCUT2D eigenvalue weighted by Crippen LogP contribution is -2.15. The van der Waals surface area contributed by atoms with E-state index < -0.39 is 0 Å². The third-order valence-electron chi connectivity index (χ3n) is 1.69. The van der Waals surface area contributed by atoms with E-state index in [1.807, 2.05) is 6.92 Å². The van der Waals surface area contributed by atoms with Gasteiger partial charge in [0.1, 0.15) is 5.82 Å². The lowest BCUT2D eigenvalue weighted by molar-refractivity contribution is 0.282. The smallest absolute Gasteiger partial charge is 0.202 e. The van der Waals surface area contributed by atoms with Crippen LogP contribution >= 0.6 is 11.5 Å². The van der Waals surface area contributed by atoms with Crippen LogP contribution in [0.15, 0.2) is 0 Å². The van der Waals surface area contributed by atoms with Crippen molar-refractivity contribution in [2.45, 2.75) is 32.7 Å². The number of aromatic nitrogens is 2. The number of hydrogen-bond acceptors (Lipinski definition) is 5. The van der Waals surface area contributed by atoms with E-state index in [0.29, 0.717) is 6.04 Å². The van der Waals surface area contributed by atoms with E-state index in [0.717, 1.165) is 23.8 Å². The largest absolute Gasteiger partial charge is 0.396 e. The summed E-state index contributed by atoms with van der Waals surface area (Å²) in [5, 5.41) is 12.7. The Morgan fingerprint density at radius 1 is 1.62 bits per heavy atom. The number of aryl methyl sites for hydroxylation is 1. The van der Waals surface area contributed by atoms with Crippen molar-refractivity contribution in [1.82, 2.24) is 9.36 Å². The van der Waals surface area contributed by atoms with Crippen LogP contribution in [-0.4, -0.2) is 27.1 Å². The number of nitrogens with zero attached hydrogens (tertiary/aromatic N) is 2. The Labute approximate surface area is 82.2 Å². The summed E-state index contributed by atoms with van der Waals surface area (Å²) in [4.78, 5) is 4.19. The van der Waals surface area contributed by atoms with Gasteiger partial charge in [-0.15, -0.1) is 0 Å². The van der Waals surface area contributed by atoms with Crippen molar-refractivity contribution < 1.29 is 5.11 Å². The Bertz CT molecular complexity index is 251. The predicted octanol–water partition coefficient (Wildman–Crippen LogP) is 1.42. The van der Waals surface area contributed by atoms with Crippen molar-refractivity contribution in [2.24, 2.45) is 0 Å². The molecule has 4 nitrogen and oxygen atoms in total. The molecule has 2 N–H and O–H groups in total. The van der Waals surface area contributed by atoms with Crippen LogP contribution in [0, 0.1) is 6.92 Å². The summed E-state index contributed by atoms with van der Waals surface area (Å²) in [6.45, 7) is 4.20. The molecule has 74 valence electrons. The van der Waals surface area contributed by atoms with Crippen LogP contribution in [0.2, 0.25) is 0 Å². The van der Waals surface area contributed by atoms with Crippen molar-refractivity contribution in [3.8, 4) is 0 Å². The fraction of sp³-hybridized carbons (Fsp3) is 0.750. The highest BCUT2D eigenvalue weighted by Crippen LogP contribution is 2.12. The van der Waals surface area contributed by atoms with Crippen molar-refractivity contribution in [2.75, 3.05) is 11.9 Å². The van der Waals surface area contributed by atoms with Gasteiger partial charge in [-0.1, -0.05) is 0 Å². The van der Waals surface area contributed by atoms with Gasteiger partial charge in [-0.05, 0) is 26.7 Å². The van der Waals surface area contributed by atoms with Gasteiger partial charge in [0.25, 0.3) is 0 Å². The van der Waals surface area contributed by atoms with E-state index in [4.69, 9.17) is 5.11 Å². The first-order chi connectivity index (χ1) is 6.22. The fourth-order valence-electron chi connectivity index (χ4n) is 1.04. The maximum absolute atomic E-state index is 8.63. The summed E-state index contributed by atoms with van der Waals surface area (Å²) in [5.41, 5.74) is 0. The van der Waals surface area contributed by atoms with Gasteiger partial charge in [0.15, 0.2) is 0 Å². The number of nitrogens with one attached hydrogen (secondary N) is 1. The van der Waals surface area contributed by atoms with Crippen LogP contribution in [0.1, 0.15) is 25.6 Å². The summed E-state index contributed by atoms with van der Waals surface area (Å²) in [6, 6.07) is 0.347. The zero-order chi connectivity index (χ0) is 9.68. The normalized spacial score (nSPS) is 12.8. The third kappa shape index (κ3) is 3.69. The summed E-state index contributed by atoms with van der Waals surface area (Å²) in [5.74, 6) is 0.807. The Hall–Kier alpha value is -0.680. The molecule has 0 aliphatic heterocycles. The van der Waals surface area contributed by atoms with E-state index in [-0.39, 0.29) is 6.61 Å². The van der Waals surface area contributed by atoms with Gasteiger partial charge in [0.2, 0.25) is 5.13 Å². The first-order valence-electron chi connectivity index (χ1n) is 4.40. The molecule has 0 aliphatic carbocycles. The Kier molecular flexibility index (Phi) is 4.11. The second kappa shape index (κ2) is 5.14. The first kappa shape index (κ1) is 10.4. The molecule has 1 aromatic rings. The molecule has 1 rings (SSSR count). The van der Waals surface area contributed by atoms with Crippen molar-refractivity contribution in [3.63, 3.8) is 0 Å². The zero-order valence-corrected chi connectivity index (χ0v) is 8.77. The summed E-state index contributed by atoms with van der Waals surface area (Å²) in [7, 11) is 0. The molecule has 13 heavy (non-hydrogen) atoms. The lowest BCUT2D eigenvalue weighted by Gasteiger charge is -2.10. The monoisotopic (exact) mass is 201 g/mol. The Morgan fingerprint density at radius 2 is 2.38 bits per heavy atom. The minimum atomic E-state index is 0.251. The number of aliphatic hydroxyl groups excluding tert-OH is 1. The van der Waals surface area contributed by atoms with Gasteiger partial charge in [-0.3, -0.25) is 0 Å². The molecule has 0 aromatic carbocycles. The molecular weight excluding hydrogens is 186 g/mol. The number of anilines is 1. The third-order valence-corrected chi connectivity index (χ3v) is 2.43. The van der Waals surface area contributed by atoms with E-state index in [9.17, 15) is 0 Å². The summed E-state index contributed by atoms with van der Waals surface area (Å²) >= 11 is 1.38. The van der Waals surface area contributed by atoms with Gasteiger partial charge < -0.3 is 10.4 Å². The summed E-state index contributed by atoms with van der Waals surface area (Å²) < 4.78 is 4.07. The molecule has 0 saturated carbocycles. The average molecular weight is 201 g/mol. The highest BCUT2D eigenvalue weighted by molar-refractivity contribution is 7.09. The van der Waals surface area contributed by atoms with Crippen LogP contribution < -0.4 is 5.32 Å². The molecule has 0 fully saturated rings. The second-order valence-electron chi connectivity index (χ2n) is 3.06. The first-order valence-corrected chi connectivity index (χ1v) is 5.17. The van der Waals surface area contributed by atoms with Gasteiger partial charge in [-0.25, -0.2) is 4.98 Å². The molecule has 0 spiro atoms. The standard InChI is InChI=1S/C8H15N3OS/c1-6(4-3-5-12)9-8-10-7(2)11-13-8/h6,12H,3-5H2,1-2H3,(H,9,10,11). The molecule has 1 heterocycles. The number of aliphatic hydroxyl groups is 1. The highest BCUT2D eigenvalue weighted by atomic mass is 32.1. The Balaban J connectivity index is 2.31. The molecule has 0 saturated heterocycles.